The lowest BCUT2D eigenvalue weighted by molar-refractivity contribution is -0.117. The number of hydrogen-bond donors (Lipinski definition) is 2. The molecule has 16 heavy (non-hydrogen) atoms. The summed E-state index contributed by atoms with van der Waals surface area (Å²) < 4.78 is 13.5. The van der Waals surface area contributed by atoms with E-state index < -0.39 is 5.82 Å². The van der Waals surface area contributed by atoms with Gasteiger partial charge < -0.3 is 15.7 Å². The molecule has 86 valence electrons. The van der Waals surface area contributed by atoms with Crippen molar-refractivity contribution in [2.75, 3.05) is 18.0 Å². The van der Waals surface area contributed by atoms with E-state index in [4.69, 9.17) is 5.73 Å². The standard InChI is InChI=1S/C11H13FN2O2/c12-9-2-1-8(15)4-10(9)14-6-7(5-13)3-11(14)16/h1-2,4,7,15H,3,5-6,13H2. The van der Waals surface area contributed by atoms with Crippen LogP contribution in [0.3, 0.4) is 0 Å². The van der Waals surface area contributed by atoms with Crippen molar-refractivity contribution >= 4 is 11.6 Å². The molecular weight excluding hydrogens is 211 g/mol. The number of carbonyl (C=O) groups is 1. The molecule has 1 atom stereocenters. The normalized spacial score (nSPS) is 20.5. The highest BCUT2D eigenvalue weighted by Gasteiger charge is 2.31. The number of amides is 1. The van der Waals surface area contributed by atoms with Crippen LogP contribution in [0.15, 0.2) is 18.2 Å². The Balaban J connectivity index is 2.30. The van der Waals surface area contributed by atoms with Gasteiger partial charge in [0.05, 0.1) is 5.69 Å². The van der Waals surface area contributed by atoms with Crippen molar-refractivity contribution < 1.29 is 14.3 Å². The van der Waals surface area contributed by atoms with Crippen LogP contribution in [0, 0.1) is 11.7 Å². The van der Waals surface area contributed by atoms with Gasteiger partial charge in [0, 0.05) is 19.0 Å². The molecule has 2 rings (SSSR count). The molecule has 1 heterocycles. The lowest BCUT2D eigenvalue weighted by Gasteiger charge is -2.17. The molecule has 0 radical (unpaired) electrons. The quantitative estimate of drug-likeness (QED) is 0.782. The predicted molar refractivity (Wildman–Crippen MR) is 57.6 cm³/mol. The predicted octanol–water partition coefficient (Wildman–Crippen LogP) is 0.843. The van der Waals surface area contributed by atoms with Crippen molar-refractivity contribution in [3.63, 3.8) is 0 Å². The first kappa shape index (κ1) is 10.9. The monoisotopic (exact) mass is 224 g/mol. The van der Waals surface area contributed by atoms with Crippen LogP contribution < -0.4 is 10.6 Å². The third-order valence-electron chi connectivity index (χ3n) is 2.76. The lowest BCUT2D eigenvalue weighted by Crippen LogP contribution is -2.26. The summed E-state index contributed by atoms with van der Waals surface area (Å²) in [5, 5.41) is 9.28. The molecule has 1 aromatic rings. The van der Waals surface area contributed by atoms with E-state index in [-0.39, 0.29) is 23.3 Å². The van der Waals surface area contributed by atoms with E-state index in [0.717, 1.165) is 6.07 Å². The highest BCUT2D eigenvalue weighted by atomic mass is 19.1. The van der Waals surface area contributed by atoms with Crippen molar-refractivity contribution in [2.45, 2.75) is 6.42 Å². The van der Waals surface area contributed by atoms with Gasteiger partial charge in [-0.05, 0) is 24.6 Å². The summed E-state index contributed by atoms with van der Waals surface area (Å²) in [6, 6.07) is 3.65. The van der Waals surface area contributed by atoms with Crippen molar-refractivity contribution in [2.24, 2.45) is 11.7 Å². The van der Waals surface area contributed by atoms with Crippen LogP contribution in [0.25, 0.3) is 0 Å². The topological polar surface area (TPSA) is 66.6 Å². The van der Waals surface area contributed by atoms with Gasteiger partial charge in [0.15, 0.2) is 0 Å². The molecule has 4 nitrogen and oxygen atoms in total. The maximum atomic E-state index is 13.5. The molecule has 5 heteroatoms. The molecule has 1 aliphatic rings. The molecule has 1 amide bonds. The molecule has 1 aromatic carbocycles. The molecule has 1 saturated heterocycles. The Bertz CT molecular complexity index is 422. The van der Waals surface area contributed by atoms with Gasteiger partial charge in [-0.25, -0.2) is 4.39 Å². The SMILES string of the molecule is NCC1CC(=O)N(c2cc(O)ccc2F)C1. The Morgan fingerprint density at radius 3 is 2.94 bits per heavy atom. The fourth-order valence-electron chi connectivity index (χ4n) is 1.88. The number of anilines is 1. The van der Waals surface area contributed by atoms with Crippen LogP contribution in [0.2, 0.25) is 0 Å². The zero-order valence-electron chi connectivity index (χ0n) is 8.69. The van der Waals surface area contributed by atoms with Gasteiger partial charge in [-0.1, -0.05) is 0 Å². The van der Waals surface area contributed by atoms with Crippen LogP contribution in [0.4, 0.5) is 10.1 Å². The van der Waals surface area contributed by atoms with Gasteiger partial charge in [-0.2, -0.15) is 0 Å². The van der Waals surface area contributed by atoms with Gasteiger partial charge in [-0.15, -0.1) is 0 Å². The minimum Gasteiger partial charge on any atom is -0.508 e. The molecule has 0 bridgehead atoms. The average molecular weight is 224 g/mol. The third-order valence-corrected chi connectivity index (χ3v) is 2.76. The lowest BCUT2D eigenvalue weighted by atomic mass is 10.1. The van der Waals surface area contributed by atoms with Crippen LogP contribution in [0.1, 0.15) is 6.42 Å². The number of phenolic OH excluding ortho intramolecular Hbond substituents is 1. The van der Waals surface area contributed by atoms with Crippen molar-refractivity contribution in [3.8, 4) is 5.75 Å². The number of nitrogens with two attached hydrogens (primary N) is 1. The summed E-state index contributed by atoms with van der Waals surface area (Å²) in [5.74, 6) is -0.654. The Kier molecular flexibility index (Phi) is 2.78. The highest BCUT2D eigenvalue weighted by molar-refractivity contribution is 5.96. The summed E-state index contributed by atoms with van der Waals surface area (Å²) in [4.78, 5) is 13.0. The second-order valence-corrected chi connectivity index (χ2v) is 3.95. The average Bonchev–Trinajstić information content (AvgIpc) is 2.63. The molecule has 1 unspecified atom stereocenters. The first-order valence-corrected chi connectivity index (χ1v) is 5.10. The summed E-state index contributed by atoms with van der Waals surface area (Å²) in [5.41, 5.74) is 5.61. The minimum absolute atomic E-state index is 0.0552. The Morgan fingerprint density at radius 2 is 2.31 bits per heavy atom. The van der Waals surface area contributed by atoms with Crippen molar-refractivity contribution in [1.29, 1.82) is 0 Å². The number of nitrogens with zero attached hydrogens (tertiary/aromatic N) is 1. The summed E-state index contributed by atoms with van der Waals surface area (Å²) in [7, 11) is 0. The fraction of sp³-hybridized carbons (Fsp3) is 0.364. The molecule has 0 aromatic heterocycles. The molecular formula is C11H13FN2O2. The van der Waals surface area contributed by atoms with E-state index in [2.05, 4.69) is 0 Å². The molecule has 3 N–H and O–H groups in total. The van der Waals surface area contributed by atoms with E-state index in [9.17, 15) is 14.3 Å². The zero-order valence-corrected chi connectivity index (χ0v) is 8.69. The summed E-state index contributed by atoms with van der Waals surface area (Å²) in [6.45, 7) is 0.818. The van der Waals surface area contributed by atoms with E-state index in [1.54, 1.807) is 0 Å². The fourth-order valence-corrected chi connectivity index (χ4v) is 1.88. The molecule has 1 aliphatic heterocycles. The first-order valence-electron chi connectivity index (χ1n) is 5.10. The van der Waals surface area contributed by atoms with Crippen LogP contribution >= 0.6 is 0 Å². The zero-order chi connectivity index (χ0) is 11.7. The van der Waals surface area contributed by atoms with Gasteiger partial charge in [-0.3, -0.25) is 4.79 Å². The van der Waals surface area contributed by atoms with E-state index in [1.165, 1.54) is 17.0 Å². The Hall–Kier alpha value is -1.62. The summed E-state index contributed by atoms with van der Waals surface area (Å²) >= 11 is 0. The number of hydrogen-bond acceptors (Lipinski definition) is 3. The number of rotatable bonds is 2. The van der Waals surface area contributed by atoms with Gasteiger partial charge >= 0.3 is 0 Å². The maximum Gasteiger partial charge on any atom is 0.227 e. The van der Waals surface area contributed by atoms with Crippen molar-refractivity contribution in [1.82, 2.24) is 0 Å². The van der Waals surface area contributed by atoms with Crippen LogP contribution in [-0.2, 0) is 4.79 Å². The number of halogens is 1. The Labute approximate surface area is 92.5 Å². The number of carbonyl (C=O) groups excluding carboxylic acids is 1. The van der Waals surface area contributed by atoms with E-state index in [1.807, 2.05) is 0 Å². The Morgan fingerprint density at radius 1 is 1.56 bits per heavy atom. The molecule has 0 aliphatic carbocycles. The van der Waals surface area contributed by atoms with E-state index in [0.29, 0.717) is 19.5 Å². The highest BCUT2D eigenvalue weighted by Crippen LogP contribution is 2.29. The molecule has 0 spiro atoms. The van der Waals surface area contributed by atoms with Gasteiger partial charge in [0.25, 0.3) is 0 Å². The second kappa shape index (κ2) is 4.09. The first-order chi connectivity index (χ1) is 7.61. The molecule has 0 saturated carbocycles. The number of benzene rings is 1. The second-order valence-electron chi connectivity index (χ2n) is 3.95. The third kappa shape index (κ3) is 1.86. The van der Waals surface area contributed by atoms with E-state index >= 15 is 0 Å². The van der Waals surface area contributed by atoms with Gasteiger partial charge in [0.1, 0.15) is 11.6 Å². The van der Waals surface area contributed by atoms with Crippen LogP contribution in [-0.4, -0.2) is 24.1 Å². The largest absolute Gasteiger partial charge is 0.508 e. The maximum absolute atomic E-state index is 13.5. The molecule has 1 fully saturated rings. The smallest absolute Gasteiger partial charge is 0.227 e. The minimum atomic E-state index is -0.510. The van der Waals surface area contributed by atoms with Gasteiger partial charge in [0.2, 0.25) is 5.91 Å². The van der Waals surface area contributed by atoms with Crippen LogP contribution in [0.5, 0.6) is 5.75 Å². The number of aromatic hydroxyl groups is 1. The van der Waals surface area contributed by atoms with Crippen molar-refractivity contribution in [3.05, 3.63) is 24.0 Å². The number of phenols is 1. The summed E-state index contributed by atoms with van der Waals surface area (Å²) in [6.07, 6.45) is 0.339.